The summed E-state index contributed by atoms with van der Waals surface area (Å²) in [4.78, 5) is 25.6. The minimum atomic E-state index is -0.821. The van der Waals surface area contributed by atoms with E-state index in [1.165, 1.54) is 0 Å². The number of nitrogens with one attached hydrogen (secondary N) is 1. The van der Waals surface area contributed by atoms with E-state index in [1.807, 2.05) is 37.3 Å². The van der Waals surface area contributed by atoms with Crippen molar-refractivity contribution in [2.45, 2.75) is 32.4 Å². The van der Waals surface area contributed by atoms with Crippen LogP contribution >= 0.6 is 0 Å². The van der Waals surface area contributed by atoms with Crippen LogP contribution in [0.15, 0.2) is 30.3 Å². The number of benzene rings is 1. The van der Waals surface area contributed by atoms with Crippen LogP contribution in [-0.2, 0) is 9.59 Å². The van der Waals surface area contributed by atoms with Gasteiger partial charge in [-0.25, -0.2) is 0 Å². The summed E-state index contributed by atoms with van der Waals surface area (Å²) in [6.07, 6.45) is 0. The van der Waals surface area contributed by atoms with E-state index >= 15 is 0 Å². The number of amides is 2. The standard InChI is InChI=1S/C14H18N2O2/c1-10(11-7-5-4-6-8-11)16-9-12(17)15-14(2,3)13(16)18/h4-8,10H,9H2,1-3H3,(H,15,17). The van der Waals surface area contributed by atoms with Gasteiger partial charge in [0.05, 0.1) is 6.04 Å². The Balaban J connectivity index is 2.27. The maximum absolute atomic E-state index is 12.3. The van der Waals surface area contributed by atoms with Crippen molar-refractivity contribution in [1.29, 1.82) is 0 Å². The van der Waals surface area contributed by atoms with Crippen LogP contribution in [0.3, 0.4) is 0 Å². The zero-order valence-electron chi connectivity index (χ0n) is 10.9. The molecule has 0 radical (unpaired) electrons. The topological polar surface area (TPSA) is 49.4 Å². The van der Waals surface area contributed by atoms with Crippen LogP contribution in [0.5, 0.6) is 0 Å². The zero-order valence-corrected chi connectivity index (χ0v) is 10.9. The summed E-state index contributed by atoms with van der Waals surface area (Å²) in [6, 6.07) is 9.65. The molecule has 2 rings (SSSR count). The summed E-state index contributed by atoms with van der Waals surface area (Å²) in [7, 11) is 0. The predicted octanol–water partition coefficient (Wildman–Crippen LogP) is 1.48. The van der Waals surface area contributed by atoms with Crippen molar-refractivity contribution in [3.63, 3.8) is 0 Å². The lowest BCUT2D eigenvalue weighted by Crippen LogP contribution is -2.64. The third kappa shape index (κ3) is 2.23. The molecule has 4 nitrogen and oxygen atoms in total. The molecule has 1 atom stereocenters. The largest absolute Gasteiger partial charge is 0.341 e. The van der Waals surface area contributed by atoms with Crippen LogP contribution in [0.2, 0.25) is 0 Å². The van der Waals surface area contributed by atoms with Crippen molar-refractivity contribution in [3.8, 4) is 0 Å². The molecule has 1 aromatic carbocycles. The number of hydrogen-bond donors (Lipinski definition) is 1. The first-order valence-corrected chi connectivity index (χ1v) is 6.09. The van der Waals surface area contributed by atoms with Crippen LogP contribution in [-0.4, -0.2) is 28.8 Å². The zero-order chi connectivity index (χ0) is 13.3. The molecule has 1 N–H and O–H groups in total. The summed E-state index contributed by atoms with van der Waals surface area (Å²) in [5.41, 5.74) is 0.217. The number of carbonyl (C=O) groups excluding carboxylic acids is 2. The third-order valence-electron chi connectivity index (χ3n) is 3.31. The van der Waals surface area contributed by atoms with Crippen molar-refractivity contribution in [2.24, 2.45) is 0 Å². The van der Waals surface area contributed by atoms with Gasteiger partial charge in [-0.15, -0.1) is 0 Å². The highest BCUT2D eigenvalue weighted by atomic mass is 16.2. The molecule has 96 valence electrons. The molecular formula is C14H18N2O2. The van der Waals surface area contributed by atoms with E-state index in [0.29, 0.717) is 0 Å². The lowest BCUT2D eigenvalue weighted by molar-refractivity contribution is -0.150. The Morgan fingerprint density at radius 3 is 2.44 bits per heavy atom. The lowest BCUT2D eigenvalue weighted by Gasteiger charge is -2.40. The number of hydrogen-bond acceptors (Lipinski definition) is 2. The fourth-order valence-electron chi connectivity index (χ4n) is 2.25. The Labute approximate surface area is 107 Å². The fraction of sp³-hybridized carbons (Fsp3) is 0.429. The monoisotopic (exact) mass is 246 g/mol. The van der Waals surface area contributed by atoms with E-state index < -0.39 is 5.54 Å². The molecular weight excluding hydrogens is 228 g/mol. The molecule has 1 fully saturated rings. The van der Waals surface area contributed by atoms with E-state index in [4.69, 9.17) is 0 Å². The van der Waals surface area contributed by atoms with E-state index in [2.05, 4.69) is 5.32 Å². The van der Waals surface area contributed by atoms with E-state index in [0.717, 1.165) is 5.56 Å². The molecule has 1 unspecified atom stereocenters. The second-order valence-corrected chi connectivity index (χ2v) is 5.19. The maximum atomic E-state index is 12.3. The number of nitrogens with zero attached hydrogens (tertiary/aromatic N) is 1. The highest BCUT2D eigenvalue weighted by Gasteiger charge is 2.41. The average Bonchev–Trinajstić information content (AvgIpc) is 2.33. The van der Waals surface area contributed by atoms with Crippen LogP contribution < -0.4 is 5.32 Å². The highest BCUT2D eigenvalue weighted by molar-refractivity contribution is 5.97. The van der Waals surface area contributed by atoms with Gasteiger partial charge in [-0.1, -0.05) is 30.3 Å². The molecule has 0 aliphatic carbocycles. The van der Waals surface area contributed by atoms with Crippen LogP contribution in [0.25, 0.3) is 0 Å². The molecule has 1 saturated heterocycles. The van der Waals surface area contributed by atoms with Crippen LogP contribution in [0.1, 0.15) is 32.4 Å². The van der Waals surface area contributed by atoms with Gasteiger partial charge >= 0.3 is 0 Å². The van der Waals surface area contributed by atoms with Crippen LogP contribution in [0, 0.1) is 0 Å². The summed E-state index contributed by atoms with van der Waals surface area (Å²) in [5, 5.41) is 2.71. The predicted molar refractivity (Wildman–Crippen MR) is 68.8 cm³/mol. The van der Waals surface area contributed by atoms with E-state index in [-0.39, 0.29) is 24.4 Å². The minimum absolute atomic E-state index is 0.0431. The Kier molecular flexibility index (Phi) is 3.11. The molecule has 0 bridgehead atoms. The van der Waals surface area contributed by atoms with Crippen molar-refractivity contribution in [2.75, 3.05) is 6.54 Å². The Morgan fingerprint density at radius 1 is 1.22 bits per heavy atom. The van der Waals surface area contributed by atoms with Gasteiger partial charge in [0.25, 0.3) is 0 Å². The Bertz CT molecular complexity index is 468. The molecule has 0 aromatic heterocycles. The van der Waals surface area contributed by atoms with Crippen LogP contribution in [0.4, 0.5) is 0 Å². The van der Waals surface area contributed by atoms with Gasteiger partial charge in [-0.3, -0.25) is 9.59 Å². The van der Waals surface area contributed by atoms with Gasteiger partial charge in [-0.2, -0.15) is 0 Å². The average molecular weight is 246 g/mol. The molecule has 2 amide bonds. The number of piperazine rings is 1. The van der Waals surface area contributed by atoms with Gasteiger partial charge in [0.1, 0.15) is 12.1 Å². The molecule has 4 heteroatoms. The summed E-state index contributed by atoms with van der Waals surface area (Å²) < 4.78 is 0. The molecule has 0 saturated carbocycles. The molecule has 0 spiro atoms. The molecule has 1 aliphatic heterocycles. The molecule has 18 heavy (non-hydrogen) atoms. The first kappa shape index (κ1) is 12.6. The van der Waals surface area contributed by atoms with Gasteiger partial charge in [0.15, 0.2) is 0 Å². The number of rotatable bonds is 2. The van der Waals surface area contributed by atoms with E-state index in [9.17, 15) is 9.59 Å². The highest BCUT2D eigenvalue weighted by Crippen LogP contribution is 2.25. The van der Waals surface area contributed by atoms with Crippen molar-refractivity contribution in [3.05, 3.63) is 35.9 Å². The molecule has 1 aromatic rings. The summed E-state index contributed by atoms with van der Waals surface area (Å²) in [5.74, 6) is -0.152. The molecule has 1 aliphatic rings. The lowest BCUT2D eigenvalue weighted by atomic mass is 9.97. The second kappa shape index (κ2) is 4.44. The summed E-state index contributed by atoms with van der Waals surface area (Å²) in [6.45, 7) is 5.54. The Hall–Kier alpha value is -1.84. The number of carbonyl (C=O) groups is 2. The van der Waals surface area contributed by atoms with Gasteiger partial charge in [0.2, 0.25) is 11.8 Å². The first-order chi connectivity index (χ1) is 8.42. The smallest absolute Gasteiger partial charge is 0.248 e. The van der Waals surface area contributed by atoms with Gasteiger partial charge in [0, 0.05) is 0 Å². The maximum Gasteiger partial charge on any atom is 0.248 e. The van der Waals surface area contributed by atoms with Gasteiger partial charge in [-0.05, 0) is 26.3 Å². The minimum Gasteiger partial charge on any atom is -0.341 e. The van der Waals surface area contributed by atoms with Gasteiger partial charge < -0.3 is 10.2 Å². The van der Waals surface area contributed by atoms with Crippen molar-refractivity contribution >= 4 is 11.8 Å². The summed E-state index contributed by atoms with van der Waals surface area (Å²) >= 11 is 0. The normalized spacial score (nSPS) is 20.5. The fourth-order valence-corrected chi connectivity index (χ4v) is 2.25. The van der Waals surface area contributed by atoms with E-state index in [1.54, 1.807) is 18.7 Å². The van der Waals surface area contributed by atoms with Crippen molar-refractivity contribution in [1.82, 2.24) is 10.2 Å². The molecule has 1 heterocycles. The Morgan fingerprint density at radius 2 is 1.83 bits per heavy atom. The third-order valence-corrected chi connectivity index (χ3v) is 3.31. The SMILES string of the molecule is CC(c1ccccc1)N1CC(=O)NC(C)(C)C1=O. The second-order valence-electron chi connectivity index (χ2n) is 5.19. The quantitative estimate of drug-likeness (QED) is 0.859. The first-order valence-electron chi connectivity index (χ1n) is 6.09. The van der Waals surface area contributed by atoms with Crippen molar-refractivity contribution < 1.29 is 9.59 Å².